The average Bonchev–Trinajstić information content (AvgIpc) is 3.34. The molecule has 5 rings (SSSR count). The molecular formula is C23H28N4O3. The first-order valence-electron chi connectivity index (χ1n) is 10.7. The Morgan fingerprint density at radius 3 is 2.33 bits per heavy atom. The van der Waals surface area contributed by atoms with E-state index in [9.17, 15) is 4.79 Å². The van der Waals surface area contributed by atoms with Gasteiger partial charge in [-0.15, -0.1) is 0 Å². The van der Waals surface area contributed by atoms with Gasteiger partial charge in [-0.05, 0) is 36.2 Å². The lowest BCUT2D eigenvalue weighted by molar-refractivity contribution is 0.103. The smallest absolute Gasteiger partial charge is 0.330 e. The van der Waals surface area contributed by atoms with Crippen molar-refractivity contribution in [3.63, 3.8) is 0 Å². The third-order valence-electron chi connectivity index (χ3n) is 6.02. The quantitative estimate of drug-likeness (QED) is 0.628. The van der Waals surface area contributed by atoms with E-state index >= 15 is 0 Å². The number of aromatic nitrogens is 2. The molecule has 0 unspecified atom stereocenters. The average molecular weight is 409 g/mol. The van der Waals surface area contributed by atoms with Gasteiger partial charge in [-0.1, -0.05) is 25.1 Å². The number of para-hydroxylation sites is 2. The first kappa shape index (κ1) is 19.2. The normalized spacial score (nSPS) is 17.1. The summed E-state index contributed by atoms with van der Waals surface area (Å²) in [6, 6.07) is 14.3. The number of imidazole rings is 1. The molecule has 2 aromatic carbocycles. The van der Waals surface area contributed by atoms with E-state index in [-0.39, 0.29) is 5.69 Å². The van der Waals surface area contributed by atoms with Gasteiger partial charge in [0.05, 0.1) is 17.7 Å². The van der Waals surface area contributed by atoms with Crippen molar-refractivity contribution in [2.75, 3.05) is 33.0 Å². The fourth-order valence-electron chi connectivity index (χ4n) is 4.44. The number of ether oxygens (including phenoxy) is 2. The van der Waals surface area contributed by atoms with Gasteiger partial charge in [-0.2, -0.15) is 0 Å². The van der Waals surface area contributed by atoms with Gasteiger partial charge >= 0.3 is 5.69 Å². The number of hydrogen-bond donors (Lipinski definition) is 0. The zero-order valence-corrected chi connectivity index (χ0v) is 17.4. The number of rotatable bonds is 6. The lowest BCUT2D eigenvalue weighted by atomic mass is 10.1. The van der Waals surface area contributed by atoms with Crippen LogP contribution in [0.4, 0.5) is 0 Å². The summed E-state index contributed by atoms with van der Waals surface area (Å²) in [5.41, 5.74) is 3.40. The second kappa shape index (κ2) is 8.16. The van der Waals surface area contributed by atoms with Gasteiger partial charge in [-0.25, -0.2) is 4.79 Å². The highest BCUT2D eigenvalue weighted by Gasteiger charge is 2.21. The van der Waals surface area contributed by atoms with Crippen molar-refractivity contribution in [1.29, 1.82) is 0 Å². The summed E-state index contributed by atoms with van der Waals surface area (Å²) in [7, 11) is 0. The van der Waals surface area contributed by atoms with E-state index in [1.54, 1.807) is 0 Å². The van der Waals surface area contributed by atoms with Crippen molar-refractivity contribution in [2.45, 2.75) is 33.1 Å². The van der Waals surface area contributed by atoms with E-state index in [2.05, 4.69) is 34.9 Å². The molecule has 1 saturated heterocycles. The van der Waals surface area contributed by atoms with Gasteiger partial charge in [0.15, 0.2) is 11.5 Å². The maximum atomic E-state index is 13.0. The molecule has 1 aromatic heterocycles. The maximum Gasteiger partial charge on any atom is 0.330 e. The second-order valence-corrected chi connectivity index (χ2v) is 8.07. The third-order valence-corrected chi connectivity index (χ3v) is 6.02. The van der Waals surface area contributed by atoms with Gasteiger partial charge < -0.3 is 9.47 Å². The predicted octanol–water partition coefficient (Wildman–Crippen LogP) is 2.72. The van der Waals surface area contributed by atoms with Gasteiger partial charge in [0.1, 0.15) is 0 Å². The van der Waals surface area contributed by atoms with Crippen LogP contribution < -0.4 is 15.2 Å². The number of fused-ring (bicyclic) bond motifs is 2. The second-order valence-electron chi connectivity index (χ2n) is 8.07. The van der Waals surface area contributed by atoms with Crippen molar-refractivity contribution >= 4 is 11.0 Å². The van der Waals surface area contributed by atoms with Crippen LogP contribution in [0.5, 0.6) is 11.5 Å². The van der Waals surface area contributed by atoms with Crippen LogP contribution in [0.1, 0.15) is 18.9 Å². The summed E-state index contributed by atoms with van der Waals surface area (Å²) >= 11 is 0. The molecule has 2 aliphatic rings. The Labute approximate surface area is 176 Å². The third kappa shape index (κ3) is 3.59. The van der Waals surface area contributed by atoms with Gasteiger partial charge in [0.25, 0.3) is 0 Å². The van der Waals surface area contributed by atoms with Crippen LogP contribution in [-0.2, 0) is 19.8 Å². The zero-order chi connectivity index (χ0) is 20.5. The SMILES string of the molecule is CCCn1c(=O)n(CN2CCN(Cc3ccc4c(c3)OCO4)CC2)c2ccccc21. The summed E-state index contributed by atoms with van der Waals surface area (Å²) in [4.78, 5) is 17.8. The van der Waals surface area contributed by atoms with Crippen LogP contribution in [0.15, 0.2) is 47.3 Å². The van der Waals surface area contributed by atoms with Gasteiger partial charge in [0, 0.05) is 39.3 Å². The number of aryl methyl sites for hydroxylation is 1. The molecule has 158 valence electrons. The van der Waals surface area contributed by atoms with Gasteiger partial charge in [-0.3, -0.25) is 18.9 Å². The molecule has 0 atom stereocenters. The van der Waals surface area contributed by atoms with Crippen molar-refractivity contribution in [2.24, 2.45) is 0 Å². The summed E-state index contributed by atoms with van der Waals surface area (Å²) in [5, 5.41) is 0. The highest BCUT2D eigenvalue weighted by Crippen LogP contribution is 2.32. The molecule has 1 fully saturated rings. The van der Waals surface area contributed by atoms with E-state index in [0.29, 0.717) is 13.5 Å². The summed E-state index contributed by atoms with van der Waals surface area (Å²) in [6.07, 6.45) is 0.951. The molecule has 30 heavy (non-hydrogen) atoms. The molecule has 0 aliphatic carbocycles. The Bertz CT molecular complexity index is 1100. The minimum absolute atomic E-state index is 0.0980. The van der Waals surface area contributed by atoms with E-state index in [1.165, 1.54) is 5.56 Å². The number of nitrogens with zero attached hydrogens (tertiary/aromatic N) is 4. The molecule has 3 aromatic rings. The molecule has 7 heteroatoms. The summed E-state index contributed by atoms with van der Waals surface area (Å²) < 4.78 is 14.7. The fourth-order valence-corrected chi connectivity index (χ4v) is 4.44. The lowest BCUT2D eigenvalue weighted by Gasteiger charge is -2.34. The Kier molecular flexibility index (Phi) is 5.23. The van der Waals surface area contributed by atoms with Crippen LogP contribution in [0.2, 0.25) is 0 Å². The van der Waals surface area contributed by atoms with E-state index in [1.807, 2.05) is 33.4 Å². The molecular weight excluding hydrogens is 380 g/mol. The molecule has 0 spiro atoms. The number of benzene rings is 2. The monoisotopic (exact) mass is 408 g/mol. The minimum Gasteiger partial charge on any atom is -0.454 e. The standard InChI is InChI=1S/C23H28N4O3/c1-2-9-26-19-5-3-4-6-20(19)27(23(26)28)16-25-12-10-24(11-13-25)15-18-7-8-21-22(14-18)30-17-29-21/h3-8,14H,2,9-13,15-17H2,1H3. The predicted molar refractivity (Wildman–Crippen MR) is 116 cm³/mol. The molecule has 0 N–H and O–H groups in total. The van der Waals surface area contributed by atoms with Crippen LogP contribution in [0.3, 0.4) is 0 Å². The van der Waals surface area contributed by atoms with Crippen molar-refractivity contribution in [3.8, 4) is 11.5 Å². The van der Waals surface area contributed by atoms with Crippen LogP contribution in [0.25, 0.3) is 11.0 Å². The number of piperazine rings is 1. The van der Waals surface area contributed by atoms with Crippen molar-refractivity contribution < 1.29 is 9.47 Å². The fraction of sp³-hybridized carbons (Fsp3) is 0.435. The van der Waals surface area contributed by atoms with Crippen LogP contribution in [0, 0.1) is 0 Å². The van der Waals surface area contributed by atoms with Crippen molar-refractivity contribution in [1.82, 2.24) is 18.9 Å². The summed E-state index contributed by atoms with van der Waals surface area (Å²) in [6.45, 7) is 8.59. The first-order valence-corrected chi connectivity index (χ1v) is 10.7. The topological polar surface area (TPSA) is 51.9 Å². The molecule has 0 radical (unpaired) electrons. The molecule has 3 heterocycles. The summed E-state index contributed by atoms with van der Waals surface area (Å²) in [5.74, 6) is 1.67. The first-order chi connectivity index (χ1) is 14.7. The van der Waals surface area contributed by atoms with Crippen LogP contribution in [-0.4, -0.2) is 51.9 Å². The van der Waals surface area contributed by atoms with E-state index < -0.39 is 0 Å². The Balaban J connectivity index is 1.25. The lowest BCUT2D eigenvalue weighted by Crippen LogP contribution is -2.47. The van der Waals surface area contributed by atoms with Crippen LogP contribution >= 0.6 is 0 Å². The molecule has 0 saturated carbocycles. The Morgan fingerprint density at radius 2 is 1.57 bits per heavy atom. The highest BCUT2D eigenvalue weighted by atomic mass is 16.7. The zero-order valence-electron chi connectivity index (χ0n) is 17.4. The molecule has 0 amide bonds. The van der Waals surface area contributed by atoms with E-state index in [4.69, 9.17) is 9.47 Å². The maximum absolute atomic E-state index is 13.0. The van der Waals surface area contributed by atoms with Gasteiger partial charge in [0.2, 0.25) is 6.79 Å². The molecule has 7 nitrogen and oxygen atoms in total. The minimum atomic E-state index is 0.0980. The highest BCUT2D eigenvalue weighted by molar-refractivity contribution is 5.75. The largest absolute Gasteiger partial charge is 0.454 e. The Morgan fingerprint density at radius 1 is 0.867 bits per heavy atom. The molecule has 2 aliphatic heterocycles. The Hall–Kier alpha value is -2.77. The molecule has 0 bridgehead atoms. The number of hydrogen-bond acceptors (Lipinski definition) is 5. The van der Waals surface area contributed by atoms with E-state index in [0.717, 1.165) is 68.2 Å². The van der Waals surface area contributed by atoms with Crippen molar-refractivity contribution in [3.05, 3.63) is 58.5 Å².